The Balaban J connectivity index is 1.46. The number of carbonyl (C=O) groups is 2. The molecule has 8 nitrogen and oxygen atoms in total. The molecule has 0 unspecified atom stereocenters. The average Bonchev–Trinajstić information content (AvgIpc) is 2.97. The first kappa shape index (κ1) is 13.7. The van der Waals surface area contributed by atoms with Crippen LogP contribution in [0.15, 0.2) is 32.5 Å². The summed E-state index contributed by atoms with van der Waals surface area (Å²) in [5, 5.41) is 12.7. The number of hydrogen-bond donors (Lipinski definition) is 2. The van der Waals surface area contributed by atoms with Crippen molar-refractivity contribution in [3.8, 4) is 11.7 Å². The minimum Gasteiger partial charge on any atom is -0.459 e. The van der Waals surface area contributed by atoms with E-state index in [4.69, 9.17) is 8.83 Å². The standard InChI is InChI=1S/C12H12N4O4S/c17-9(14-11(18)13-7-3-4-7)6-21-12-16-15-10(20-12)8-2-1-5-19-8/h1-2,5,7H,3-4,6H2,(H2,13,14,17,18). The number of furan rings is 1. The van der Waals surface area contributed by atoms with Crippen molar-refractivity contribution < 1.29 is 18.4 Å². The minimum absolute atomic E-state index is 0.0118. The van der Waals surface area contributed by atoms with Crippen LogP contribution in [0, 0.1) is 0 Å². The lowest BCUT2D eigenvalue weighted by atomic mass is 10.5. The Morgan fingerprint density at radius 1 is 1.38 bits per heavy atom. The maximum atomic E-state index is 11.6. The number of amides is 3. The number of thioether (sulfide) groups is 1. The van der Waals surface area contributed by atoms with E-state index in [1.54, 1.807) is 12.1 Å². The van der Waals surface area contributed by atoms with E-state index in [-0.39, 0.29) is 22.9 Å². The van der Waals surface area contributed by atoms with Gasteiger partial charge in [0.05, 0.1) is 12.0 Å². The zero-order valence-corrected chi connectivity index (χ0v) is 11.7. The molecule has 1 aliphatic rings. The first-order valence-corrected chi connectivity index (χ1v) is 7.30. The third-order valence-corrected chi connectivity index (χ3v) is 3.45. The third-order valence-electron chi connectivity index (χ3n) is 2.63. The summed E-state index contributed by atoms with van der Waals surface area (Å²) >= 11 is 1.05. The number of nitrogens with zero attached hydrogens (tertiary/aromatic N) is 2. The first-order chi connectivity index (χ1) is 10.2. The van der Waals surface area contributed by atoms with E-state index in [0.717, 1.165) is 24.6 Å². The highest BCUT2D eigenvalue weighted by Gasteiger charge is 2.24. The molecule has 1 saturated carbocycles. The number of imide groups is 1. The number of carbonyl (C=O) groups excluding carboxylic acids is 2. The monoisotopic (exact) mass is 308 g/mol. The maximum Gasteiger partial charge on any atom is 0.321 e. The lowest BCUT2D eigenvalue weighted by Crippen LogP contribution is -2.41. The van der Waals surface area contributed by atoms with E-state index in [1.807, 2.05) is 0 Å². The van der Waals surface area contributed by atoms with Gasteiger partial charge in [-0.1, -0.05) is 11.8 Å². The van der Waals surface area contributed by atoms with Crippen LogP contribution in [0.5, 0.6) is 0 Å². The average molecular weight is 308 g/mol. The zero-order valence-electron chi connectivity index (χ0n) is 10.9. The Kier molecular flexibility index (Phi) is 3.91. The van der Waals surface area contributed by atoms with Crippen molar-refractivity contribution in [2.24, 2.45) is 0 Å². The molecule has 0 saturated heterocycles. The predicted molar refractivity (Wildman–Crippen MR) is 72.4 cm³/mol. The lowest BCUT2D eigenvalue weighted by Gasteiger charge is -2.03. The molecular weight excluding hydrogens is 296 g/mol. The highest BCUT2D eigenvalue weighted by atomic mass is 32.2. The molecule has 2 N–H and O–H groups in total. The molecule has 9 heteroatoms. The highest BCUT2D eigenvalue weighted by Crippen LogP contribution is 2.23. The van der Waals surface area contributed by atoms with Crippen LogP contribution in [0.2, 0.25) is 0 Å². The van der Waals surface area contributed by atoms with Gasteiger partial charge in [-0.2, -0.15) is 0 Å². The van der Waals surface area contributed by atoms with Gasteiger partial charge >= 0.3 is 6.03 Å². The van der Waals surface area contributed by atoms with E-state index in [0.29, 0.717) is 5.76 Å². The van der Waals surface area contributed by atoms with Crippen LogP contribution >= 0.6 is 11.8 Å². The van der Waals surface area contributed by atoms with Gasteiger partial charge in [-0.05, 0) is 25.0 Å². The number of nitrogens with one attached hydrogen (secondary N) is 2. The van der Waals surface area contributed by atoms with Crippen molar-refractivity contribution in [3.05, 3.63) is 18.4 Å². The fraction of sp³-hybridized carbons (Fsp3) is 0.333. The van der Waals surface area contributed by atoms with Crippen molar-refractivity contribution in [1.29, 1.82) is 0 Å². The quantitative estimate of drug-likeness (QED) is 0.803. The summed E-state index contributed by atoms with van der Waals surface area (Å²) in [6.07, 6.45) is 3.43. The van der Waals surface area contributed by atoms with Gasteiger partial charge in [-0.3, -0.25) is 10.1 Å². The van der Waals surface area contributed by atoms with Crippen LogP contribution in [-0.2, 0) is 4.79 Å². The van der Waals surface area contributed by atoms with Crippen LogP contribution in [-0.4, -0.2) is 33.9 Å². The Morgan fingerprint density at radius 3 is 2.95 bits per heavy atom. The number of urea groups is 1. The lowest BCUT2D eigenvalue weighted by molar-refractivity contribution is -0.117. The molecule has 0 bridgehead atoms. The molecular formula is C12H12N4O4S. The second-order valence-corrected chi connectivity index (χ2v) is 5.36. The van der Waals surface area contributed by atoms with Gasteiger partial charge in [0.2, 0.25) is 5.91 Å². The molecule has 2 heterocycles. The fourth-order valence-electron chi connectivity index (χ4n) is 1.51. The molecule has 1 aliphatic carbocycles. The van der Waals surface area contributed by atoms with Crippen LogP contribution < -0.4 is 10.6 Å². The fourth-order valence-corrected chi connectivity index (χ4v) is 2.07. The van der Waals surface area contributed by atoms with Crippen molar-refractivity contribution in [3.63, 3.8) is 0 Å². The summed E-state index contributed by atoms with van der Waals surface area (Å²) in [6.45, 7) is 0. The van der Waals surface area contributed by atoms with Gasteiger partial charge in [-0.25, -0.2) is 4.79 Å². The van der Waals surface area contributed by atoms with Gasteiger partial charge in [0.15, 0.2) is 5.76 Å². The topological polar surface area (TPSA) is 110 Å². The van der Waals surface area contributed by atoms with Gasteiger partial charge in [0, 0.05) is 6.04 Å². The Bertz CT molecular complexity index is 635. The van der Waals surface area contributed by atoms with E-state index < -0.39 is 11.9 Å². The summed E-state index contributed by atoms with van der Waals surface area (Å²) in [7, 11) is 0. The summed E-state index contributed by atoms with van der Waals surface area (Å²) < 4.78 is 10.4. The Labute approximate surface area is 123 Å². The largest absolute Gasteiger partial charge is 0.459 e. The summed E-state index contributed by atoms with van der Waals surface area (Å²) in [4.78, 5) is 22.9. The smallest absolute Gasteiger partial charge is 0.321 e. The molecule has 0 aliphatic heterocycles. The van der Waals surface area contributed by atoms with Gasteiger partial charge in [-0.15, -0.1) is 10.2 Å². The van der Waals surface area contributed by atoms with E-state index in [2.05, 4.69) is 20.8 Å². The summed E-state index contributed by atoms with van der Waals surface area (Å²) in [6, 6.07) is 3.14. The van der Waals surface area contributed by atoms with Crippen molar-refractivity contribution >= 4 is 23.7 Å². The molecule has 0 spiro atoms. The minimum atomic E-state index is -0.468. The SMILES string of the molecule is O=C(CSc1nnc(-c2ccco2)o1)NC(=O)NC1CC1. The predicted octanol–water partition coefficient (Wildman–Crippen LogP) is 1.41. The normalized spacial score (nSPS) is 13.9. The highest BCUT2D eigenvalue weighted by molar-refractivity contribution is 7.99. The molecule has 2 aromatic rings. The van der Waals surface area contributed by atoms with Crippen molar-refractivity contribution in [2.45, 2.75) is 24.1 Å². The van der Waals surface area contributed by atoms with E-state index in [9.17, 15) is 9.59 Å². The second-order valence-electron chi connectivity index (χ2n) is 4.44. The van der Waals surface area contributed by atoms with Crippen molar-refractivity contribution in [1.82, 2.24) is 20.8 Å². The number of aromatic nitrogens is 2. The molecule has 0 aromatic carbocycles. The molecule has 2 aromatic heterocycles. The molecule has 21 heavy (non-hydrogen) atoms. The van der Waals surface area contributed by atoms with Crippen LogP contribution in [0.25, 0.3) is 11.7 Å². The maximum absolute atomic E-state index is 11.6. The van der Waals surface area contributed by atoms with Crippen LogP contribution in [0.1, 0.15) is 12.8 Å². The first-order valence-electron chi connectivity index (χ1n) is 6.31. The number of rotatable bonds is 5. The Morgan fingerprint density at radius 2 is 2.24 bits per heavy atom. The molecule has 3 amide bonds. The Hall–Kier alpha value is -2.29. The zero-order chi connectivity index (χ0) is 14.7. The molecule has 110 valence electrons. The number of hydrogen-bond acceptors (Lipinski definition) is 7. The molecule has 1 fully saturated rings. The summed E-state index contributed by atoms with van der Waals surface area (Å²) in [5.74, 6) is 0.297. The van der Waals surface area contributed by atoms with Crippen LogP contribution in [0.4, 0.5) is 4.79 Å². The third kappa shape index (κ3) is 3.85. The second kappa shape index (κ2) is 6.00. The van der Waals surface area contributed by atoms with E-state index >= 15 is 0 Å². The molecule has 0 atom stereocenters. The van der Waals surface area contributed by atoms with Gasteiger partial charge < -0.3 is 14.2 Å². The van der Waals surface area contributed by atoms with Gasteiger partial charge in [0.25, 0.3) is 11.1 Å². The van der Waals surface area contributed by atoms with Crippen molar-refractivity contribution in [2.75, 3.05) is 5.75 Å². The van der Waals surface area contributed by atoms with Gasteiger partial charge in [0.1, 0.15) is 0 Å². The molecule has 3 rings (SSSR count). The molecule has 0 radical (unpaired) electrons. The summed E-state index contributed by atoms with van der Waals surface area (Å²) in [5.41, 5.74) is 0. The van der Waals surface area contributed by atoms with E-state index in [1.165, 1.54) is 6.26 Å². The van der Waals surface area contributed by atoms with Crippen LogP contribution in [0.3, 0.4) is 0 Å².